The Hall–Kier alpha value is -0.910. The molecule has 15 heavy (non-hydrogen) atoms. The smallest absolute Gasteiger partial charge is 0.329 e. The van der Waals surface area contributed by atoms with Crippen molar-refractivity contribution >= 4 is 5.97 Å². The molecule has 2 N–H and O–H groups in total. The number of methoxy groups -OCH3 is 1. The molecule has 0 aromatic carbocycles. The standard InChI is InChI=1S/C6H14O3.C4H6O2/c1-5(8)4-9-6(2)3-7;1-3-4(5)6-2/h5-8H,3-4H2,1-2H3;3H,1H2,2H3. The Morgan fingerprint density at radius 2 is 2.07 bits per heavy atom. The average molecular weight is 220 g/mol. The first-order valence-electron chi connectivity index (χ1n) is 4.58. The average Bonchev–Trinajstić information content (AvgIpc) is 2.25. The van der Waals surface area contributed by atoms with E-state index in [0.29, 0.717) is 6.61 Å². The van der Waals surface area contributed by atoms with E-state index in [1.54, 1.807) is 13.8 Å². The van der Waals surface area contributed by atoms with Crippen molar-refractivity contribution in [3.63, 3.8) is 0 Å². The lowest BCUT2D eigenvalue weighted by atomic mass is 10.4. The lowest BCUT2D eigenvalue weighted by Gasteiger charge is -2.10. The molecule has 5 nitrogen and oxygen atoms in total. The van der Waals surface area contributed by atoms with Gasteiger partial charge < -0.3 is 19.7 Å². The number of aliphatic hydroxyl groups excluding tert-OH is 2. The zero-order valence-electron chi connectivity index (χ0n) is 9.47. The summed E-state index contributed by atoms with van der Waals surface area (Å²) in [6, 6.07) is 0. The van der Waals surface area contributed by atoms with E-state index in [4.69, 9.17) is 14.9 Å². The normalized spacial score (nSPS) is 13.1. The van der Waals surface area contributed by atoms with Crippen LogP contribution in [0.1, 0.15) is 13.8 Å². The molecule has 0 radical (unpaired) electrons. The molecule has 0 aliphatic carbocycles. The minimum Gasteiger partial charge on any atom is -0.466 e. The van der Waals surface area contributed by atoms with Gasteiger partial charge >= 0.3 is 5.97 Å². The first kappa shape index (κ1) is 16.5. The number of ether oxygens (including phenoxy) is 2. The first-order chi connectivity index (χ1) is 6.97. The number of carbonyl (C=O) groups excluding carboxylic acids is 1. The third-order valence-electron chi connectivity index (χ3n) is 1.25. The maximum Gasteiger partial charge on any atom is 0.329 e. The van der Waals surface area contributed by atoms with Crippen LogP contribution in [0, 0.1) is 0 Å². The summed E-state index contributed by atoms with van der Waals surface area (Å²) in [5.74, 6) is -0.394. The van der Waals surface area contributed by atoms with E-state index in [1.165, 1.54) is 7.11 Å². The lowest BCUT2D eigenvalue weighted by Crippen LogP contribution is -2.19. The van der Waals surface area contributed by atoms with Gasteiger partial charge in [0.1, 0.15) is 0 Å². The van der Waals surface area contributed by atoms with Crippen LogP contribution in [0.25, 0.3) is 0 Å². The second-order valence-electron chi connectivity index (χ2n) is 2.90. The van der Waals surface area contributed by atoms with Gasteiger partial charge in [-0.1, -0.05) is 6.58 Å². The van der Waals surface area contributed by atoms with Gasteiger partial charge in [0.25, 0.3) is 0 Å². The van der Waals surface area contributed by atoms with Crippen LogP contribution in [0.3, 0.4) is 0 Å². The topological polar surface area (TPSA) is 76.0 Å². The third-order valence-corrected chi connectivity index (χ3v) is 1.25. The number of hydrogen-bond donors (Lipinski definition) is 2. The maximum atomic E-state index is 9.84. The van der Waals surface area contributed by atoms with Crippen molar-refractivity contribution in [3.8, 4) is 0 Å². The molecule has 0 aliphatic rings. The summed E-state index contributed by atoms with van der Waals surface area (Å²) in [7, 11) is 1.31. The number of esters is 1. The molecule has 90 valence electrons. The van der Waals surface area contributed by atoms with E-state index in [-0.39, 0.29) is 12.7 Å². The number of rotatable bonds is 5. The molecule has 0 saturated heterocycles. The molecule has 0 saturated carbocycles. The quantitative estimate of drug-likeness (QED) is 0.508. The fourth-order valence-electron chi connectivity index (χ4n) is 0.440. The fourth-order valence-corrected chi connectivity index (χ4v) is 0.440. The van der Waals surface area contributed by atoms with Crippen molar-refractivity contribution in [3.05, 3.63) is 12.7 Å². The predicted octanol–water partition coefficient (Wildman–Crippen LogP) is 0.110. The zero-order chi connectivity index (χ0) is 12.3. The van der Waals surface area contributed by atoms with Crippen LogP contribution in [0.5, 0.6) is 0 Å². The molecule has 0 spiro atoms. The lowest BCUT2D eigenvalue weighted by molar-refractivity contribution is -0.134. The summed E-state index contributed by atoms with van der Waals surface area (Å²) in [5.41, 5.74) is 0. The van der Waals surface area contributed by atoms with Gasteiger partial charge in [0.15, 0.2) is 0 Å². The molecule has 2 atom stereocenters. The maximum absolute atomic E-state index is 9.84. The summed E-state index contributed by atoms with van der Waals surface area (Å²) in [6.07, 6.45) is 0.499. The highest BCUT2D eigenvalue weighted by Crippen LogP contribution is 1.90. The monoisotopic (exact) mass is 220 g/mol. The Morgan fingerprint density at radius 3 is 2.27 bits per heavy atom. The van der Waals surface area contributed by atoms with E-state index in [2.05, 4.69) is 11.3 Å². The number of aliphatic hydroxyl groups is 2. The van der Waals surface area contributed by atoms with Crippen LogP contribution < -0.4 is 0 Å². The molecule has 0 aromatic heterocycles. The fraction of sp³-hybridized carbons (Fsp3) is 0.700. The van der Waals surface area contributed by atoms with Crippen molar-refractivity contribution in [2.75, 3.05) is 20.3 Å². The molecule has 2 unspecified atom stereocenters. The Morgan fingerprint density at radius 1 is 1.53 bits per heavy atom. The Balaban J connectivity index is 0. The molecule has 0 amide bonds. The molecule has 0 aliphatic heterocycles. The second-order valence-corrected chi connectivity index (χ2v) is 2.90. The molecule has 5 heteroatoms. The third kappa shape index (κ3) is 15.8. The van der Waals surface area contributed by atoms with E-state index < -0.39 is 12.1 Å². The van der Waals surface area contributed by atoms with Crippen LogP contribution in [0.2, 0.25) is 0 Å². The van der Waals surface area contributed by atoms with Crippen LogP contribution in [0.15, 0.2) is 12.7 Å². The predicted molar refractivity (Wildman–Crippen MR) is 56.4 cm³/mol. The largest absolute Gasteiger partial charge is 0.466 e. The summed E-state index contributed by atoms with van der Waals surface area (Å²) < 4.78 is 9.09. The summed E-state index contributed by atoms with van der Waals surface area (Å²) in [5, 5.41) is 17.1. The highest BCUT2D eigenvalue weighted by molar-refractivity contribution is 5.80. The van der Waals surface area contributed by atoms with Gasteiger partial charge in [0.05, 0.1) is 32.5 Å². The van der Waals surface area contributed by atoms with Crippen LogP contribution in [-0.2, 0) is 14.3 Å². The Labute approximate surface area is 90.3 Å². The van der Waals surface area contributed by atoms with Gasteiger partial charge in [-0.3, -0.25) is 0 Å². The molecule has 0 fully saturated rings. The van der Waals surface area contributed by atoms with E-state index >= 15 is 0 Å². The number of carbonyl (C=O) groups is 1. The SMILES string of the molecule is C=CC(=O)OC.CC(O)COC(C)CO. The molecular weight excluding hydrogens is 200 g/mol. The minimum atomic E-state index is -0.445. The highest BCUT2D eigenvalue weighted by atomic mass is 16.5. The van der Waals surface area contributed by atoms with Crippen LogP contribution in [0.4, 0.5) is 0 Å². The van der Waals surface area contributed by atoms with Crippen LogP contribution in [-0.4, -0.2) is 48.7 Å². The van der Waals surface area contributed by atoms with Gasteiger partial charge in [0.2, 0.25) is 0 Å². The summed E-state index contributed by atoms with van der Waals surface area (Å²) in [4.78, 5) is 9.84. The number of hydrogen-bond acceptors (Lipinski definition) is 5. The van der Waals surface area contributed by atoms with Crippen molar-refractivity contribution in [2.24, 2.45) is 0 Å². The van der Waals surface area contributed by atoms with E-state index in [1.807, 2.05) is 0 Å². The van der Waals surface area contributed by atoms with Crippen molar-refractivity contribution in [1.82, 2.24) is 0 Å². The highest BCUT2D eigenvalue weighted by Gasteiger charge is 2.00. The summed E-state index contributed by atoms with van der Waals surface area (Å²) in [6.45, 7) is 6.85. The Kier molecular flexibility index (Phi) is 12.3. The van der Waals surface area contributed by atoms with E-state index in [0.717, 1.165) is 6.08 Å². The van der Waals surface area contributed by atoms with Crippen molar-refractivity contribution in [2.45, 2.75) is 26.1 Å². The van der Waals surface area contributed by atoms with Crippen LogP contribution >= 0.6 is 0 Å². The molecule has 0 aromatic rings. The molecular formula is C10H20O5. The Bertz CT molecular complexity index is 167. The van der Waals surface area contributed by atoms with Gasteiger partial charge in [-0.05, 0) is 13.8 Å². The van der Waals surface area contributed by atoms with Gasteiger partial charge in [-0.15, -0.1) is 0 Å². The minimum absolute atomic E-state index is 0.00667. The zero-order valence-corrected chi connectivity index (χ0v) is 9.47. The molecule has 0 rings (SSSR count). The first-order valence-corrected chi connectivity index (χ1v) is 4.58. The van der Waals surface area contributed by atoms with Gasteiger partial charge in [-0.2, -0.15) is 0 Å². The summed E-state index contributed by atoms with van der Waals surface area (Å²) >= 11 is 0. The van der Waals surface area contributed by atoms with Crippen molar-refractivity contribution < 1.29 is 24.5 Å². The van der Waals surface area contributed by atoms with Crippen molar-refractivity contribution in [1.29, 1.82) is 0 Å². The molecule has 0 bridgehead atoms. The van der Waals surface area contributed by atoms with Gasteiger partial charge in [-0.25, -0.2) is 4.79 Å². The van der Waals surface area contributed by atoms with Gasteiger partial charge in [0, 0.05) is 6.08 Å². The van der Waals surface area contributed by atoms with E-state index in [9.17, 15) is 4.79 Å². The molecule has 0 heterocycles. The second kappa shape index (κ2) is 11.2.